The quantitative estimate of drug-likeness (QED) is 0.0994. The molecule has 57 heavy (non-hydrogen) atoms. The Hall–Kier alpha value is -6.10. The van der Waals surface area contributed by atoms with Crippen molar-refractivity contribution in [2.75, 3.05) is 72.6 Å². The number of carbonyl (C=O) groups excluding carboxylic acids is 4. The van der Waals surface area contributed by atoms with Crippen molar-refractivity contribution in [2.24, 2.45) is 7.05 Å². The number of carbonyl (C=O) groups is 4. The third kappa shape index (κ3) is 8.98. The number of nitrogens with one attached hydrogen (secondary N) is 3. The summed E-state index contributed by atoms with van der Waals surface area (Å²) in [4.78, 5) is 71.4. The molecule has 3 N–H and O–H groups in total. The summed E-state index contributed by atoms with van der Waals surface area (Å²) in [5.74, 6) is -0.409. The fourth-order valence-corrected chi connectivity index (χ4v) is 7.05. The Morgan fingerprint density at radius 3 is 2.39 bits per heavy atom. The van der Waals surface area contributed by atoms with Crippen LogP contribution in [0.2, 0.25) is 0 Å². The van der Waals surface area contributed by atoms with E-state index in [-0.39, 0.29) is 29.1 Å². The number of aromatic nitrogens is 2. The molecule has 4 aromatic rings. The van der Waals surface area contributed by atoms with Gasteiger partial charge in [-0.2, -0.15) is 0 Å². The molecule has 1 unspecified atom stereocenters. The third-order valence-corrected chi connectivity index (χ3v) is 9.83. The average molecular weight is 782 g/mol. The Labute approximate surface area is 329 Å². The fourth-order valence-electron chi connectivity index (χ4n) is 7.05. The highest BCUT2D eigenvalue weighted by Gasteiger charge is 2.45. The van der Waals surface area contributed by atoms with E-state index in [1.165, 1.54) is 4.57 Å². The van der Waals surface area contributed by atoms with Crippen LogP contribution < -0.4 is 31.0 Å². The predicted octanol–water partition coefficient (Wildman–Crippen LogP) is 2.70. The van der Waals surface area contributed by atoms with Crippen molar-refractivity contribution in [2.45, 2.75) is 25.4 Å². The maximum atomic E-state index is 13.3. The van der Waals surface area contributed by atoms with Crippen LogP contribution in [-0.4, -0.2) is 116 Å². The zero-order valence-corrected chi connectivity index (χ0v) is 32.5. The van der Waals surface area contributed by atoms with Crippen LogP contribution in [-0.2, 0) is 32.7 Å². The van der Waals surface area contributed by atoms with Crippen molar-refractivity contribution >= 4 is 40.1 Å². The summed E-state index contributed by atoms with van der Waals surface area (Å²) in [5, 5.41) is 9.95. The summed E-state index contributed by atoms with van der Waals surface area (Å²) >= 11 is 0. The van der Waals surface area contributed by atoms with E-state index in [2.05, 4.69) is 27.5 Å². The summed E-state index contributed by atoms with van der Waals surface area (Å²) in [5.41, 5.74) is 3.84. The second-order valence-corrected chi connectivity index (χ2v) is 13.8. The number of pyridine rings is 2. The molecule has 0 bridgehead atoms. The number of anilines is 1. The normalized spacial score (nSPS) is 15.2. The molecule has 16 heteroatoms. The molecule has 2 aromatic carbocycles. The number of aryl methyl sites for hydroxylation is 1. The molecule has 4 amide bonds. The highest BCUT2D eigenvalue weighted by molar-refractivity contribution is 6.25. The van der Waals surface area contributed by atoms with Gasteiger partial charge < -0.3 is 39.5 Å². The van der Waals surface area contributed by atoms with Crippen LogP contribution in [0, 0.1) is 0 Å². The molecule has 6 rings (SSSR count). The minimum atomic E-state index is -0.875. The van der Waals surface area contributed by atoms with E-state index >= 15 is 0 Å². The largest absolute Gasteiger partial charge is 0.496 e. The molecule has 0 aliphatic carbocycles. The Morgan fingerprint density at radius 2 is 1.68 bits per heavy atom. The maximum absolute atomic E-state index is 13.3. The van der Waals surface area contributed by atoms with E-state index in [0.717, 1.165) is 27.0 Å². The van der Waals surface area contributed by atoms with Gasteiger partial charge in [-0.25, -0.2) is 0 Å². The smallest absolute Gasteiger partial charge is 0.264 e. The lowest BCUT2D eigenvalue weighted by Gasteiger charge is -2.29. The first-order chi connectivity index (χ1) is 27.5. The van der Waals surface area contributed by atoms with Crippen molar-refractivity contribution in [1.82, 2.24) is 30.0 Å². The third-order valence-electron chi connectivity index (χ3n) is 9.83. The zero-order valence-electron chi connectivity index (χ0n) is 32.5. The number of allylic oxidation sites excluding steroid dienone is 1. The van der Waals surface area contributed by atoms with Gasteiger partial charge in [-0.05, 0) is 61.2 Å². The minimum absolute atomic E-state index is 0.122. The molecule has 1 atom stereocenters. The van der Waals surface area contributed by atoms with E-state index in [9.17, 15) is 24.0 Å². The molecule has 1 fully saturated rings. The van der Waals surface area contributed by atoms with Crippen LogP contribution in [0.1, 0.15) is 39.1 Å². The highest BCUT2D eigenvalue weighted by atomic mass is 16.5. The van der Waals surface area contributed by atoms with Crippen molar-refractivity contribution in [1.29, 1.82) is 0 Å². The number of fused-ring (bicyclic) bond motifs is 2. The van der Waals surface area contributed by atoms with Crippen molar-refractivity contribution in [3.63, 3.8) is 0 Å². The van der Waals surface area contributed by atoms with Gasteiger partial charge in [-0.1, -0.05) is 12.6 Å². The van der Waals surface area contributed by atoms with Gasteiger partial charge in [0.1, 0.15) is 17.5 Å². The molecule has 2 aliphatic rings. The number of imide groups is 1. The number of nitrogens with zero attached hydrogens (tertiary/aromatic N) is 4. The highest BCUT2D eigenvalue weighted by Crippen LogP contribution is 2.38. The topological polar surface area (TPSA) is 183 Å². The van der Waals surface area contributed by atoms with Gasteiger partial charge in [-0.3, -0.25) is 38.8 Å². The number of benzene rings is 2. The van der Waals surface area contributed by atoms with Gasteiger partial charge in [0.15, 0.2) is 0 Å². The Kier molecular flexibility index (Phi) is 13.0. The first-order valence-corrected chi connectivity index (χ1v) is 18.5. The lowest BCUT2D eigenvalue weighted by atomic mass is 9.99. The first-order valence-electron chi connectivity index (χ1n) is 18.5. The first kappa shape index (κ1) is 40.6. The number of methoxy groups -OCH3 is 2. The lowest BCUT2D eigenvalue weighted by molar-refractivity contribution is -0.125. The molecule has 300 valence electrons. The summed E-state index contributed by atoms with van der Waals surface area (Å²) in [7, 11) is 6.69. The second-order valence-electron chi connectivity index (χ2n) is 13.8. The summed E-state index contributed by atoms with van der Waals surface area (Å²) in [6.45, 7) is 6.19. The predicted molar refractivity (Wildman–Crippen MR) is 212 cm³/mol. The number of amides is 4. The van der Waals surface area contributed by atoms with Crippen LogP contribution in [0.15, 0.2) is 72.1 Å². The second kappa shape index (κ2) is 18.2. The van der Waals surface area contributed by atoms with Gasteiger partial charge in [0.25, 0.3) is 17.4 Å². The van der Waals surface area contributed by atoms with Gasteiger partial charge >= 0.3 is 0 Å². The van der Waals surface area contributed by atoms with Crippen molar-refractivity contribution in [3.8, 4) is 22.6 Å². The zero-order chi connectivity index (χ0) is 40.6. The Morgan fingerprint density at radius 1 is 0.965 bits per heavy atom. The average Bonchev–Trinajstić information content (AvgIpc) is 3.45. The molecular weight excluding hydrogens is 734 g/mol. The molecular formula is C41H47N7O9. The van der Waals surface area contributed by atoms with Gasteiger partial charge in [0, 0.05) is 62.2 Å². The summed E-state index contributed by atoms with van der Waals surface area (Å²) in [6.07, 6.45) is 5.82. The Balaban J connectivity index is 0.901. The molecule has 2 aliphatic heterocycles. The molecule has 0 radical (unpaired) electrons. The maximum Gasteiger partial charge on any atom is 0.264 e. The molecule has 0 saturated carbocycles. The van der Waals surface area contributed by atoms with Crippen LogP contribution in [0.5, 0.6) is 11.5 Å². The summed E-state index contributed by atoms with van der Waals surface area (Å²) < 4.78 is 24.3. The SMILES string of the molecule is C=C1CCC(N2C(=O)c3cccc(NCCOCCOCCNC(=O)CN(C)Cc4c(OC)cc(-c5cn(C)c(=O)c6cnccc56)cc4OC)c3C2=O)C(=O)N1. The van der Waals surface area contributed by atoms with Crippen LogP contribution in [0.4, 0.5) is 5.69 Å². The van der Waals surface area contributed by atoms with E-state index in [0.29, 0.717) is 87.2 Å². The lowest BCUT2D eigenvalue weighted by Crippen LogP contribution is -2.51. The summed E-state index contributed by atoms with van der Waals surface area (Å²) in [6, 6.07) is 9.73. The molecule has 0 spiro atoms. The van der Waals surface area contributed by atoms with Gasteiger partial charge in [-0.15, -0.1) is 0 Å². The number of hydrogen-bond donors (Lipinski definition) is 3. The molecule has 16 nitrogen and oxygen atoms in total. The molecule has 2 aromatic heterocycles. The van der Waals surface area contributed by atoms with E-state index < -0.39 is 23.8 Å². The van der Waals surface area contributed by atoms with Gasteiger partial charge in [0.2, 0.25) is 11.8 Å². The number of hydrogen-bond acceptors (Lipinski definition) is 12. The number of rotatable bonds is 18. The van der Waals surface area contributed by atoms with E-state index in [1.807, 2.05) is 30.1 Å². The van der Waals surface area contributed by atoms with E-state index in [1.54, 1.807) is 58.1 Å². The van der Waals surface area contributed by atoms with Crippen LogP contribution in [0.25, 0.3) is 21.9 Å². The fraction of sp³-hybridized carbons (Fsp3) is 0.366. The van der Waals surface area contributed by atoms with Gasteiger partial charge in [0.05, 0.1) is 69.3 Å². The number of ether oxygens (including phenoxy) is 4. The van der Waals surface area contributed by atoms with E-state index in [4.69, 9.17) is 18.9 Å². The number of likely N-dealkylation sites (N-methyl/N-ethyl adjacent to an activating group) is 1. The van der Waals surface area contributed by atoms with Crippen molar-refractivity contribution < 1.29 is 38.1 Å². The molecule has 4 heterocycles. The van der Waals surface area contributed by atoms with Crippen LogP contribution in [0.3, 0.4) is 0 Å². The minimum Gasteiger partial charge on any atom is -0.496 e. The van der Waals surface area contributed by atoms with Crippen LogP contribution >= 0.6 is 0 Å². The molecule has 1 saturated heterocycles. The number of piperidine rings is 1. The standard InChI is InChI=1S/C41H47N7O9/c1-25-9-10-33(38(50)45-25)48-40(52)28-7-6-8-32(37(28)41(48)53)43-13-15-56-17-18-57-16-14-44-36(49)24-46(2)22-31-34(54-4)19-26(20-35(31)55-5)30-23-47(3)39(51)29-21-42-12-11-27(29)30/h6-8,11-12,19-21,23,33,43H,1,9-10,13-18,22,24H2,2-5H3,(H,44,49)(H,45,50). The Bertz CT molecular complexity index is 2230. The monoisotopic (exact) mass is 781 g/mol. The van der Waals surface area contributed by atoms with Crippen molar-refractivity contribution in [3.05, 3.63) is 94.3 Å².